The highest BCUT2D eigenvalue weighted by Gasteiger charge is 2.27. The number of likely N-dealkylation sites (tertiary alicyclic amines) is 1. The molecule has 18 heavy (non-hydrogen) atoms. The Bertz CT molecular complexity index is 415. The molecule has 1 saturated heterocycles. The number of rotatable bonds is 3. The Kier molecular flexibility index (Phi) is 3.39. The van der Waals surface area contributed by atoms with E-state index < -0.39 is 0 Å². The van der Waals surface area contributed by atoms with Gasteiger partial charge in [0.25, 0.3) is 0 Å². The van der Waals surface area contributed by atoms with Crippen LogP contribution in [0.5, 0.6) is 0 Å². The predicted molar refractivity (Wildman–Crippen MR) is 70.6 cm³/mol. The topological polar surface area (TPSA) is 41.3 Å². The summed E-state index contributed by atoms with van der Waals surface area (Å²) >= 11 is 0. The number of nitrogens with zero attached hydrogens (tertiary/aromatic N) is 3. The Hall–Kier alpha value is -0.870. The number of aryl methyl sites for hydroxylation is 1. The molecule has 4 nitrogen and oxygen atoms in total. The number of hydrogen-bond acceptors (Lipinski definition) is 3. The first kappa shape index (κ1) is 12.2. The molecule has 1 N–H and O–H groups in total. The summed E-state index contributed by atoms with van der Waals surface area (Å²) in [5, 5.41) is 9.26. The molecule has 4 heteroatoms. The second-order valence-corrected chi connectivity index (χ2v) is 5.70. The maximum atomic E-state index is 9.26. The normalized spacial score (nSPS) is 28.6. The summed E-state index contributed by atoms with van der Waals surface area (Å²) in [5.41, 5.74) is 1.28. The zero-order valence-electron chi connectivity index (χ0n) is 11.2. The number of aliphatic hydroxyl groups excluding tert-OH is 1. The molecule has 0 bridgehead atoms. The van der Waals surface area contributed by atoms with Crippen molar-refractivity contribution in [1.29, 1.82) is 0 Å². The maximum Gasteiger partial charge on any atom is 0.109 e. The highest BCUT2D eigenvalue weighted by Crippen LogP contribution is 2.28. The van der Waals surface area contributed by atoms with Gasteiger partial charge in [0.2, 0.25) is 0 Å². The predicted octanol–water partition coefficient (Wildman–Crippen LogP) is 1.25. The molecule has 0 aromatic carbocycles. The van der Waals surface area contributed by atoms with Gasteiger partial charge >= 0.3 is 0 Å². The van der Waals surface area contributed by atoms with Crippen molar-refractivity contribution in [1.82, 2.24) is 14.5 Å². The molecule has 3 heterocycles. The standard InChI is InChI=1S/C14H23N3O/c1-2-16-5-4-12(8-16)13-9-17-6-3-11(10-18)7-14(17)15-13/h9,11-12,18H,2-8,10H2,1H3. The lowest BCUT2D eigenvalue weighted by molar-refractivity contribution is 0.199. The van der Waals surface area contributed by atoms with Crippen LogP contribution < -0.4 is 0 Å². The Morgan fingerprint density at radius 3 is 3.00 bits per heavy atom. The van der Waals surface area contributed by atoms with E-state index in [1.54, 1.807) is 0 Å². The first-order valence-electron chi connectivity index (χ1n) is 7.19. The Morgan fingerprint density at radius 1 is 1.39 bits per heavy atom. The van der Waals surface area contributed by atoms with Gasteiger partial charge in [-0.1, -0.05) is 6.92 Å². The van der Waals surface area contributed by atoms with E-state index in [2.05, 4.69) is 22.6 Å². The third kappa shape index (κ3) is 2.19. The molecule has 2 aliphatic heterocycles. The fraction of sp³-hybridized carbons (Fsp3) is 0.786. The molecular formula is C14H23N3O. The summed E-state index contributed by atoms with van der Waals surface area (Å²) in [7, 11) is 0. The molecular weight excluding hydrogens is 226 g/mol. The highest BCUT2D eigenvalue weighted by molar-refractivity contribution is 5.14. The van der Waals surface area contributed by atoms with Gasteiger partial charge in [-0.3, -0.25) is 0 Å². The van der Waals surface area contributed by atoms with E-state index >= 15 is 0 Å². The number of fused-ring (bicyclic) bond motifs is 1. The van der Waals surface area contributed by atoms with E-state index in [9.17, 15) is 5.11 Å². The second-order valence-electron chi connectivity index (χ2n) is 5.70. The summed E-state index contributed by atoms with van der Waals surface area (Å²) < 4.78 is 2.30. The lowest BCUT2D eigenvalue weighted by atomic mass is 9.99. The van der Waals surface area contributed by atoms with Crippen molar-refractivity contribution >= 4 is 0 Å². The third-order valence-electron chi connectivity index (χ3n) is 4.52. The third-order valence-corrected chi connectivity index (χ3v) is 4.52. The number of imidazole rings is 1. The van der Waals surface area contributed by atoms with Gasteiger partial charge in [-0.05, 0) is 31.8 Å². The number of aliphatic hydroxyl groups is 1. The van der Waals surface area contributed by atoms with Gasteiger partial charge in [0.15, 0.2) is 0 Å². The average molecular weight is 249 g/mol. The van der Waals surface area contributed by atoms with Gasteiger partial charge in [0.1, 0.15) is 5.82 Å². The van der Waals surface area contributed by atoms with Crippen LogP contribution in [0.1, 0.15) is 37.2 Å². The highest BCUT2D eigenvalue weighted by atomic mass is 16.3. The minimum absolute atomic E-state index is 0.301. The van der Waals surface area contributed by atoms with Crippen LogP contribution in [0.25, 0.3) is 0 Å². The zero-order chi connectivity index (χ0) is 12.5. The molecule has 100 valence electrons. The van der Waals surface area contributed by atoms with Gasteiger partial charge < -0.3 is 14.6 Å². The lowest BCUT2D eigenvalue weighted by Gasteiger charge is -2.20. The van der Waals surface area contributed by atoms with Crippen LogP contribution in [0.2, 0.25) is 0 Å². The summed E-state index contributed by atoms with van der Waals surface area (Å²) in [4.78, 5) is 7.32. The maximum absolute atomic E-state index is 9.26. The molecule has 1 aromatic heterocycles. The second kappa shape index (κ2) is 5.02. The van der Waals surface area contributed by atoms with Gasteiger partial charge in [0, 0.05) is 38.2 Å². The van der Waals surface area contributed by atoms with Gasteiger partial charge in [-0.15, -0.1) is 0 Å². The van der Waals surface area contributed by atoms with Crippen LogP contribution >= 0.6 is 0 Å². The van der Waals surface area contributed by atoms with Gasteiger partial charge in [-0.25, -0.2) is 4.98 Å². The van der Waals surface area contributed by atoms with Gasteiger partial charge in [-0.2, -0.15) is 0 Å². The molecule has 2 aliphatic rings. The summed E-state index contributed by atoms with van der Waals surface area (Å²) in [6.07, 6.45) is 5.53. The SMILES string of the molecule is CCN1CCC(c2cn3c(n2)CC(CO)CC3)C1. The fourth-order valence-corrected chi connectivity index (χ4v) is 3.23. The van der Waals surface area contributed by atoms with E-state index in [0.29, 0.717) is 18.4 Å². The molecule has 2 unspecified atom stereocenters. The first-order chi connectivity index (χ1) is 8.80. The van der Waals surface area contributed by atoms with E-state index in [4.69, 9.17) is 4.98 Å². The van der Waals surface area contributed by atoms with Crippen molar-refractivity contribution in [2.75, 3.05) is 26.2 Å². The van der Waals surface area contributed by atoms with E-state index in [1.807, 2.05) is 0 Å². The van der Waals surface area contributed by atoms with E-state index in [1.165, 1.54) is 24.5 Å². The van der Waals surface area contributed by atoms with Crippen LogP contribution in [0, 0.1) is 5.92 Å². The zero-order valence-corrected chi connectivity index (χ0v) is 11.2. The van der Waals surface area contributed by atoms with Crippen molar-refractivity contribution in [3.8, 4) is 0 Å². The van der Waals surface area contributed by atoms with Crippen LogP contribution in [0.3, 0.4) is 0 Å². The number of hydrogen-bond donors (Lipinski definition) is 1. The quantitative estimate of drug-likeness (QED) is 0.876. The first-order valence-corrected chi connectivity index (χ1v) is 7.19. The van der Waals surface area contributed by atoms with Crippen LogP contribution in [0.4, 0.5) is 0 Å². The molecule has 0 saturated carbocycles. The molecule has 0 spiro atoms. The van der Waals surface area contributed by atoms with Gasteiger partial charge in [0.05, 0.1) is 5.69 Å². The Balaban J connectivity index is 1.74. The Labute approximate surface area is 109 Å². The minimum atomic E-state index is 0.301. The summed E-state index contributed by atoms with van der Waals surface area (Å²) in [6, 6.07) is 0. The fourth-order valence-electron chi connectivity index (χ4n) is 3.23. The monoisotopic (exact) mass is 249 g/mol. The summed E-state index contributed by atoms with van der Waals surface area (Å²) in [5.74, 6) is 2.23. The molecule has 1 aromatic rings. The number of aromatic nitrogens is 2. The van der Waals surface area contributed by atoms with Crippen LogP contribution in [0.15, 0.2) is 6.20 Å². The van der Waals surface area contributed by atoms with Crippen LogP contribution in [-0.2, 0) is 13.0 Å². The van der Waals surface area contributed by atoms with Crippen molar-refractivity contribution in [3.63, 3.8) is 0 Å². The molecule has 1 fully saturated rings. The van der Waals surface area contributed by atoms with Crippen molar-refractivity contribution in [2.24, 2.45) is 5.92 Å². The average Bonchev–Trinajstić information content (AvgIpc) is 3.03. The molecule has 0 radical (unpaired) electrons. The van der Waals surface area contributed by atoms with Crippen molar-refractivity contribution < 1.29 is 5.11 Å². The largest absolute Gasteiger partial charge is 0.396 e. The molecule has 2 atom stereocenters. The number of likely N-dealkylation sites (N-methyl/N-ethyl adjacent to an activating group) is 1. The van der Waals surface area contributed by atoms with Crippen LogP contribution in [-0.4, -0.2) is 45.8 Å². The van der Waals surface area contributed by atoms with Crippen molar-refractivity contribution in [2.45, 2.75) is 38.6 Å². The smallest absolute Gasteiger partial charge is 0.109 e. The molecule has 0 amide bonds. The lowest BCUT2D eigenvalue weighted by Crippen LogP contribution is -2.21. The van der Waals surface area contributed by atoms with E-state index in [0.717, 1.165) is 32.5 Å². The molecule has 3 rings (SSSR count). The van der Waals surface area contributed by atoms with E-state index in [-0.39, 0.29) is 0 Å². The van der Waals surface area contributed by atoms with Crippen molar-refractivity contribution in [3.05, 3.63) is 17.7 Å². The molecule has 0 aliphatic carbocycles. The Morgan fingerprint density at radius 2 is 2.28 bits per heavy atom. The minimum Gasteiger partial charge on any atom is -0.396 e. The summed E-state index contributed by atoms with van der Waals surface area (Å²) in [6.45, 7) is 7.08.